The molecule has 4 rings (SSSR count). The number of hydrogen-bond acceptors (Lipinski definition) is 7. The summed E-state index contributed by atoms with van der Waals surface area (Å²) in [6.45, 7) is 2.46. The molecule has 0 amide bonds. The minimum absolute atomic E-state index is 0.442. The van der Waals surface area contributed by atoms with Gasteiger partial charge in [0.1, 0.15) is 17.3 Å². The lowest BCUT2D eigenvalue weighted by Crippen LogP contribution is -2.05. The third-order valence-corrected chi connectivity index (χ3v) is 4.30. The van der Waals surface area contributed by atoms with Gasteiger partial charge in [0.2, 0.25) is 5.95 Å². The Bertz CT molecular complexity index is 1080. The lowest BCUT2D eigenvalue weighted by molar-refractivity contribution is 0.400. The first-order chi connectivity index (χ1) is 14.2. The van der Waals surface area contributed by atoms with Crippen LogP contribution in [0.4, 0.5) is 17.6 Å². The van der Waals surface area contributed by atoms with Gasteiger partial charge in [-0.15, -0.1) is 0 Å². The highest BCUT2D eigenvalue weighted by atomic mass is 16.5. The van der Waals surface area contributed by atoms with Crippen LogP contribution in [0.3, 0.4) is 0 Å². The van der Waals surface area contributed by atoms with Crippen LogP contribution < -0.4 is 15.4 Å². The van der Waals surface area contributed by atoms with Crippen molar-refractivity contribution in [1.82, 2.24) is 15.1 Å². The number of aromatic nitrogens is 3. The zero-order valence-electron chi connectivity index (χ0n) is 16.2. The molecule has 2 aromatic heterocycles. The van der Waals surface area contributed by atoms with Crippen molar-refractivity contribution in [3.63, 3.8) is 0 Å². The van der Waals surface area contributed by atoms with Crippen LogP contribution in [0.15, 0.2) is 71.3 Å². The first-order valence-corrected chi connectivity index (χ1v) is 9.21. The molecule has 7 nitrogen and oxygen atoms in total. The van der Waals surface area contributed by atoms with Crippen molar-refractivity contribution in [2.24, 2.45) is 0 Å². The molecule has 0 radical (unpaired) electrons. The molecule has 0 bridgehead atoms. The molecule has 2 aromatic carbocycles. The lowest BCUT2D eigenvalue weighted by atomic mass is 10.1. The van der Waals surface area contributed by atoms with E-state index in [0.717, 1.165) is 22.6 Å². The average Bonchev–Trinajstić information content (AvgIpc) is 3.17. The largest absolute Gasteiger partial charge is 0.497 e. The van der Waals surface area contributed by atoms with E-state index in [9.17, 15) is 0 Å². The first kappa shape index (κ1) is 18.5. The van der Waals surface area contributed by atoms with Crippen LogP contribution >= 0.6 is 0 Å². The van der Waals surface area contributed by atoms with Crippen LogP contribution in [-0.2, 0) is 6.54 Å². The van der Waals surface area contributed by atoms with E-state index in [1.165, 1.54) is 0 Å². The summed E-state index contributed by atoms with van der Waals surface area (Å²) in [4.78, 5) is 9.20. The van der Waals surface area contributed by atoms with Gasteiger partial charge in [-0.3, -0.25) is 0 Å². The number of ether oxygens (including phenoxy) is 1. The molecule has 0 aliphatic rings. The third kappa shape index (κ3) is 4.70. The fourth-order valence-electron chi connectivity index (χ4n) is 2.83. The van der Waals surface area contributed by atoms with E-state index in [1.54, 1.807) is 13.2 Å². The Kier molecular flexibility index (Phi) is 5.38. The molecule has 29 heavy (non-hydrogen) atoms. The minimum Gasteiger partial charge on any atom is -0.497 e. The normalized spacial score (nSPS) is 10.6. The maximum Gasteiger partial charge on any atom is 0.231 e. The number of aryl methyl sites for hydroxylation is 1. The zero-order valence-corrected chi connectivity index (χ0v) is 16.2. The number of methoxy groups -OCH3 is 1. The first-order valence-electron chi connectivity index (χ1n) is 9.21. The maximum atomic E-state index is 5.21. The van der Waals surface area contributed by atoms with Gasteiger partial charge in [0.25, 0.3) is 0 Å². The summed E-state index contributed by atoms with van der Waals surface area (Å²) in [7, 11) is 1.66. The van der Waals surface area contributed by atoms with Crippen molar-refractivity contribution in [2.45, 2.75) is 13.5 Å². The van der Waals surface area contributed by atoms with E-state index in [1.807, 2.05) is 67.6 Å². The SMILES string of the molecule is COc1ccc(CNc2cc(-c3ccccc3)nc(Nc3cc(C)on3)n2)cc1. The Labute approximate surface area is 168 Å². The van der Waals surface area contributed by atoms with Gasteiger partial charge in [-0.2, -0.15) is 4.98 Å². The molecule has 0 aliphatic heterocycles. The lowest BCUT2D eigenvalue weighted by Gasteiger charge is -2.11. The molecular weight excluding hydrogens is 366 g/mol. The van der Waals surface area contributed by atoms with Gasteiger partial charge in [-0.1, -0.05) is 47.6 Å². The summed E-state index contributed by atoms with van der Waals surface area (Å²) in [5, 5.41) is 10.4. The molecule has 2 heterocycles. The number of benzene rings is 2. The van der Waals surface area contributed by atoms with Crippen LogP contribution in [-0.4, -0.2) is 22.2 Å². The fraction of sp³-hybridized carbons (Fsp3) is 0.136. The van der Waals surface area contributed by atoms with E-state index >= 15 is 0 Å². The van der Waals surface area contributed by atoms with Gasteiger partial charge in [-0.25, -0.2) is 4.98 Å². The summed E-state index contributed by atoms with van der Waals surface area (Å²) < 4.78 is 10.3. The van der Waals surface area contributed by atoms with Gasteiger partial charge < -0.3 is 19.9 Å². The van der Waals surface area contributed by atoms with E-state index < -0.39 is 0 Å². The predicted octanol–water partition coefficient (Wildman–Crippen LogP) is 4.80. The third-order valence-electron chi connectivity index (χ3n) is 4.30. The second kappa shape index (κ2) is 8.43. The predicted molar refractivity (Wildman–Crippen MR) is 112 cm³/mol. The Morgan fingerprint density at radius 1 is 0.931 bits per heavy atom. The van der Waals surface area contributed by atoms with Gasteiger partial charge in [0.05, 0.1) is 12.8 Å². The average molecular weight is 387 g/mol. The highest BCUT2D eigenvalue weighted by Crippen LogP contribution is 2.23. The summed E-state index contributed by atoms with van der Waals surface area (Å²) in [6.07, 6.45) is 0. The quantitative estimate of drug-likeness (QED) is 0.471. The van der Waals surface area contributed by atoms with E-state index in [4.69, 9.17) is 9.26 Å². The maximum absolute atomic E-state index is 5.21. The summed E-state index contributed by atoms with van der Waals surface area (Å²) in [5.74, 6) is 3.25. The van der Waals surface area contributed by atoms with Crippen LogP contribution in [0, 0.1) is 6.92 Å². The summed E-state index contributed by atoms with van der Waals surface area (Å²) in [6, 6.07) is 21.6. The van der Waals surface area contributed by atoms with Crippen molar-refractivity contribution >= 4 is 17.6 Å². The van der Waals surface area contributed by atoms with Crippen LogP contribution in [0.1, 0.15) is 11.3 Å². The van der Waals surface area contributed by atoms with E-state index in [0.29, 0.717) is 29.9 Å². The molecule has 0 aliphatic carbocycles. The molecule has 2 N–H and O–H groups in total. The summed E-state index contributed by atoms with van der Waals surface area (Å²) in [5.41, 5.74) is 2.93. The van der Waals surface area contributed by atoms with E-state index in [2.05, 4.69) is 25.8 Å². The van der Waals surface area contributed by atoms with E-state index in [-0.39, 0.29) is 0 Å². The van der Waals surface area contributed by atoms with Crippen molar-refractivity contribution in [3.05, 3.63) is 78.1 Å². The highest BCUT2D eigenvalue weighted by molar-refractivity contribution is 5.65. The number of rotatable bonds is 7. The Morgan fingerprint density at radius 2 is 1.72 bits per heavy atom. The standard InChI is InChI=1S/C22H21N5O2/c1-15-12-21(27-29-15)26-22-24-19(17-6-4-3-5-7-17)13-20(25-22)23-14-16-8-10-18(28-2)11-9-16/h3-13H,14H2,1-2H3,(H2,23,24,25,26,27). The zero-order chi connectivity index (χ0) is 20.1. The van der Waals surface area contributed by atoms with Crippen LogP contribution in [0.2, 0.25) is 0 Å². The minimum atomic E-state index is 0.442. The molecule has 7 heteroatoms. The van der Waals surface area contributed by atoms with Gasteiger partial charge in [0, 0.05) is 24.2 Å². The van der Waals surface area contributed by atoms with Crippen molar-refractivity contribution in [3.8, 4) is 17.0 Å². The molecule has 0 fully saturated rings. The topological polar surface area (TPSA) is 85.1 Å². The molecule has 4 aromatic rings. The number of anilines is 3. The Hall–Kier alpha value is -3.87. The van der Waals surface area contributed by atoms with Crippen molar-refractivity contribution < 1.29 is 9.26 Å². The Balaban J connectivity index is 1.59. The molecule has 0 atom stereocenters. The smallest absolute Gasteiger partial charge is 0.231 e. The van der Waals surface area contributed by atoms with Gasteiger partial charge in [0.15, 0.2) is 5.82 Å². The monoisotopic (exact) mass is 387 g/mol. The van der Waals surface area contributed by atoms with Crippen LogP contribution in [0.25, 0.3) is 11.3 Å². The number of nitrogens with zero attached hydrogens (tertiary/aromatic N) is 3. The fourth-order valence-corrected chi connectivity index (χ4v) is 2.83. The molecular formula is C22H21N5O2. The second-order valence-electron chi connectivity index (χ2n) is 6.48. The molecule has 0 unspecified atom stereocenters. The second-order valence-corrected chi connectivity index (χ2v) is 6.48. The Morgan fingerprint density at radius 3 is 2.41 bits per heavy atom. The van der Waals surface area contributed by atoms with Crippen molar-refractivity contribution in [2.75, 3.05) is 17.7 Å². The number of nitrogens with one attached hydrogen (secondary N) is 2. The van der Waals surface area contributed by atoms with Gasteiger partial charge >= 0.3 is 0 Å². The molecule has 0 saturated heterocycles. The van der Waals surface area contributed by atoms with Gasteiger partial charge in [-0.05, 0) is 24.6 Å². The molecule has 0 saturated carbocycles. The number of hydrogen-bond donors (Lipinski definition) is 2. The molecule has 0 spiro atoms. The van der Waals surface area contributed by atoms with Crippen molar-refractivity contribution in [1.29, 1.82) is 0 Å². The van der Waals surface area contributed by atoms with Crippen LogP contribution in [0.5, 0.6) is 5.75 Å². The molecule has 146 valence electrons. The highest BCUT2D eigenvalue weighted by Gasteiger charge is 2.09. The summed E-state index contributed by atoms with van der Waals surface area (Å²) >= 11 is 0.